The van der Waals surface area contributed by atoms with Gasteiger partial charge in [-0.2, -0.15) is 0 Å². The zero-order chi connectivity index (χ0) is 15.0. The second-order valence-electron chi connectivity index (χ2n) is 6.75. The average molecular weight is 267 g/mol. The molecule has 4 N–H and O–H groups in total. The number of benzene rings is 1. The number of hydroxylamine groups is 2. The van der Waals surface area contributed by atoms with E-state index in [-0.39, 0.29) is 0 Å². The summed E-state index contributed by atoms with van der Waals surface area (Å²) in [5, 5.41) is 22.6. The molecule has 0 unspecified atom stereocenters. The van der Waals surface area contributed by atoms with E-state index < -0.39 is 11.1 Å². The van der Waals surface area contributed by atoms with Crippen molar-refractivity contribution in [2.45, 2.75) is 52.6 Å². The van der Waals surface area contributed by atoms with Crippen LogP contribution in [-0.2, 0) is 0 Å². The fourth-order valence-corrected chi connectivity index (χ4v) is 1.64. The minimum absolute atomic E-state index is 0.451. The van der Waals surface area contributed by atoms with Crippen LogP contribution in [0.15, 0.2) is 18.2 Å². The Bertz CT molecular complexity index is 409. The topological polar surface area (TPSA) is 73.0 Å². The van der Waals surface area contributed by atoms with E-state index in [9.17, 15) is 10.4 Å². The maximum Gasteiger partial charge on any atom is 0.0682 e. The van der Waals surface area contributed by atoms with E-state index in [1.54, 1.807) is 18.2 Å². The van der Waals surface area contributed by atoms with Crippen LogP contribution in [0.4, 0.5) is 17.1 Å². The van der Waals surface area contributed by atoms with Crippen molar-refractivity contribution in [1.29, 1.82) is 0 Å². The zero-order valence-electron chi connectivity index (χ0n) is 12.6. The van der Waals surface area contributed by atoms with Crippen LogP contribution in [0.1, 0.15) is 41.5 Å². The van der Waals surface area contributed by atoms with Crippen molar-refractivity contribution in [3.05, 3.63) is 18.2 Å². The number of anilines is 3. The van der Waals surface area contributed by atoms with Crippen molar-refractivity contribution in [3.63, 3.8) is 0 Å². The van der Waals surface area contributed by atoms with Crippen molar-refractivity contribution in [2.75, 3.05) is 15.9 Å². The van der Waals surface area contributed by atoms with Crippen LogP contribution in [-0.4, -0.2) is 21.5 Å². The molecular formula is C14H25N3O2. The van der Waals surface area contributed by atoms with Gasteiger partial charge in [-0.15, -0.1) is 0 Å². The summed E-state index contributed by atoms with van der Waals surface area (Å²) in [6, 6.07) is 5.04. The molecular weight excluding hydrogens is 242 g/mol. The van der Waals surface area contributed by atoms with E-state index in [1.807, 2.05) is 41.5 Å². The van der Waals surface area contributed by atoms with Gasteiger partial charge in [-0.3, -0.25) is 20.5 Å². The Morgan fingerprint density at radius 1 is 0.789 bits per heavy atom. The van der Waals surface area contributed by atoms with E-state index in [1.165, 1.54) is 0 Å². The Hall–Kier alpha value is -1.46. The molecule has 0 aliphatic rings. The van der Waals surface area contributed by atoms with Gasteiger partial charge in [0.2, 0.25) is 0 Å². The monoisotopic (exact) mass is 267 g/mol. The molecule has 5 nitrogen and oxygen atoms in total. The van der Waals surface area contributed by atoms with Gasteiger partial charge in [0.15, 0.2) is 0 Å². The molecule has 5 heteroatoms. The summed E-state index contributed by atoms with van der Waals surface area (Å²) < 4.78 is 0. The molecule has 108 valence electrons. The molecule has 0 saturated heterocycles. The molecule has 0 radical (unpaired) electrons. The molecule has 0 saturated carbocycles. The van der Waals surface area contributed by atoms with Crippen molar-refractivity contribution in [3.8, 4) is 0 Å². The van der Waals surface area contributed by atoms with Gasteiger partial charge >= 0.3 is 0 Å². The maximum atomic E-state index is 10.2. The first kappa shape index (κ1) is 15.6. The Morgan fingerprint density at radius 2 is 1.11 bits per heavy atom. The molecule has 0 aliphatic carbocycles. The molecule has 0 aromatic heterocycles. The SMILES string of the molecule is CC(C)(C)N(O)c1cc(N)cc(N(O)C(C)(C)C)c1. The number of hydrogen-bond acceptors (Lipinski definition) is 5. The fraction of sp³-hybridized carbons (Fsp3) is 0.571. The predicted octanol–water partition coefficient (Wildman–Crippen LogP) is 3.26. The lowest BCUT2D eigenvalue weighted by Crippen LogP contribution is -2.40. The molecule has 1 aromatic carbocycles. The number of nitrogen functional groups attached to an aromatic ring is 1. The van der Waals surface area contributed by atoms with E-state index in [0.29, 0.717) is 17.1 Å². The van der Waals surface area contributed by atoms with Gasteiger partial charge in [0, 0.05) is 5.69 Å². The number of hydrogen-bond donors (Lipinski definition) is 3. The van der Waals surface area contributed by atoms with Crippen LogP contribution in [0.3, 0.4) is 0 Å². The van der Waals surface area contributed by atoms with Crippen LogP contribution < -0.4 is 15.9 Å². The van der Waals surface area contributed by atoms with Crippen LogP contribution in [0, 0.1) is 0 Å². The Labute approximate surface area is 115 Å². The minimum Gasteiger partial charge on any atom is -0.399 e. The zero-order valence-corrected chi connectivity index (χ0v) is 12.6. The summed E-state index contributed by atoms with van der Waals surface area (Å²) in [6.45, 7) is 11.3. The number of rotatable bonds is 2. The van der Waals surface area contributed by atoms with Crippen LogP contribution in [0.2, 0.25) is 0 Å². The summed E-state index contributed by atoms with van der Waals surface area (Å²) in [5.41, 5.74) is 6.52. The molecule has 1 aromatic rings. The Morgan fingerprint density at radius 3 is 1.37 bits per heavy atom. The first-order chi connectivity index (χ1) is 8.43. The highest BCUT2D eigenvalue weighted by atomic mass is 16.5. The standard InChI is InChI=1S/C14H25N3O2/c1-13(2,3)16(18)11-7-10(15)8-12(9-11)17(19)14(4,5)6/h7-9,18-19H,15H2,1-6H3. The smallest absolute Gasteiger partial charge is 0.0682 e. The molecule has 0 spiro atoms. The first-order valence-corrected chi connectivity index (χ1v) is 6.32. The lowest BCUT2D eigenvalue weighted by Gasteiger charge is -2.34. The van der Waals surface area contributed by atoms with E-state index in [4.69, 9.17) is 5.73 Å². The Kier molecular flexibility index (Phi) is 4.03. The van der Waals surface area contributed by atoms with Gasteiger partial charge in [0.25, 0.3) is 0 Å². The van der Waals surface area contributed by atoms with Gasteiger partial charge < -0.3 is 5.73 Å². The number of nitrogens with zero attached hydrogens (tertiary/aromatic N) is 2. The predicted molar refractivity (Wildman–Crippen MR) is 78.9 cm³/mol. The van der Waals surface area contributed by atoms with E-state index >= 15 is 0 Å². The van der Waals surface area contributed by atoms with Crippen molar-refractivity contribution >= 4 is 17.1 Å². The highest BCUT2D eigenvalue weighted by molar-refractivity contribution is 5.67. The molecule has 19 heavy (non-hydrogen) atoms. The normalized spacial score (nSPS) is 12.4. The second-order valence-corrected chi connectivity index (χ2v) is 6.75. The first-order valence-electron chi connectivity index (χ1n) is 6.32. The van der Waals surface area contributed by atoms with Gasteiger partial charge in [0.05, 0.1) is 22.5 Å². The maximum absolute atomic E-state index is 10.2. The van der Waals surface area contributed by atoms with Crippen molar-refractivity contribution in [2.24, 2.45) is 0 Å². The van der Waals surface area contributed by atoms with Gasteiger partial charge in [-0.25, -0.2) is 0 Å². The largest absolute Gasteiger partial charge is 0.399 e. The molecule has 0 amide bonds. The average Bonchev–Trinajstić information content (AvgIpc) is 2.23. The quantitative estimate of drug-likeness (QED) is 0.566. The summed E-state index contributed by atoms with van der Waals surface area (Å²) in [5.74, 6) is 0. The third-order valence-corrected chi connectivity index (χ3v) is 2.68. The highest BCUT2D eigenvalue weighted by Crippen LogP contribution is 2.31. The van der Waals surface area contributed by atoms with Crippen LogP contribution >= 0.6 is 0 Å². The summed E-state index contributed by atoms with van der Waals surface area (Å²) in [4.78, 5) is 0. The molecule has 1 rings (SSSR count). The van der Waals surface area contributed by atoms with Crippen molar-refractivity contribution in [1.82, 2.24) is 0 Å². The minimum atomic E-state index is -0.451. The third-order valence-electron chi connectivity index (χ3n) is 2.68. The van der Waals surface area contributed by atoms with E-state index in [2.05, 4.69) is 0 Å². The third kappa shape index (κ3) is 3.75. The summed E-state index contributed by atoms with van der Waals surface area (Å²) in [6.07, 6.45) is 0. The molecule has 0 bridgehead atoms. The molecule has 0 fully saturated rings. The molecule has 0 atom stereocenters. The number of nitrogens with two attached hydrogens (primary N) is 1. The Balaban J connectivity index is 3.22. The molecule has 0 heterocycles. The van der Waals surface area contributed by atoms with E-state index in [0.717, 1.165) is 10.1 Å². The van der Waals surface area contributed by atoms with Crippen LogP contribution in [0.25, 0.3) is 0 Å². The summed E-state index contributed by atoms with van der Waals surface area (Å²) >= 11 is 0. The lowest BCUT2D eigenvalue weighted by molar-refractivity contribution is 0.177. The van der Waals surface area contributed by atoms with Gasteiger partial charge in [-0.1, -0.05) is 0 Å². The highest BCUT2D eigenvalue weighted by Gasteiger charge is 2.24. The second kappa shape index (κ2) is 4.90. The van der Waals surface area contributed by atoms with Gasteiger partial charge in [0.1, 0.15) is 0 Å². The van der Waals surface area contributed by atoms with Gasteiger partial charge in [-0.05, 0) is 59.7 Å². The lowest BCUT2D eigenvalue weighted by atomic mass is 10.1. The molecule has 0 aliphatic heterocycles. The fourth-order valence-electron chi connectivity index (χ4n) is 1.64. The van der Waals surface area contributed by atoms with Crippen LogP contribution in [0.5, 0.6) is 0 Å². The van der Waals surface area contributed by atoms with Crippen molar-refractivity contribution < 1.29 is 10.4 Å². The summed E-state index contributed by atoms with van der Waals surface area (Å²) in [7, 11) is 0.